The van der Waals surface area contributed by atoms with Crippen LogP contribution in [0.2, 0.25) is 0 Å². The Morgan fingerprint density at radius 1 is 1.35 bits per heavy atom. The van der Waals surface area contributed by atoms with Crippen LogP contribution in [0.1, 0.15) is 12.0 Å². The van der Waals surface area contributed by atoms with Gasteiger partial charge in [-0.15, -0.1) is 0 Å². The highest BCUT2D eigenvalue weighted by atomic mass is 16.6. The highest BCUT2D eigenvalue weighted by Gasteiger charge is 2.08. The molecule has 0 aromatic heterocycles. The molecular formula is C14H16N2O4. The molecule has 0 bridgehead atoms. The van der Waals surface area contributed by atoms with Crippen LogP contribution < -0.4 is 10.1 Å². The summed E-state index contributed by atoms with van der Waals surface area (Å²) >= 11 is 0. The first kappa shape index (κ1) is 15.5. The van der Waals surface area contributed by atoms with Crippen LogP contribution in [-0.4, -0.2) is 31.6 Å². The van der Waals surface area contributed by atoms with Gasteiger partial charge in [0, 0.05) is 6.54 Å². The second-order valence-electron chi connectivity index (χ2n) is 4.02. The van der Waals surface area contributed by atoms with E-state index in [1.165, 1.54) is 0 Å². The van der Waals surface area contributed by atoms with Gasteiger partial charge in [-0.25, -0.2) is 4.79 Å². The van der Waals surface area contributed by atoms with E-state index >= 15 is 0 Å². The topological polar surface area (TPSA) is 88.4 Å². The summed E-state index contributed by atoms with van der Waals surface area (Å²) in [6.45, 7) is 1.53. The number of benzene rings is 1. The number of rotatable bonds is 7. The van der Waals surface area contributed by atoms with Crippen molar-refractivity contribution >= 4 is 11.9 Å². The number of hydrogen-bond donors (Lipinski definition) is 1. The maximum Gasteiger partial charge on any atom is 0.344 e. The zero-order chi connectivity index (χ0) is 14.8. The summed E-state index contributed by atoms with van der Waals surface area (Å²) in [4.78, 5) is 22.6. The number of amides is 1. The Morgan fingerprint density at radius 2 is 2.15 bits per heavy atom. The van der Waals surface area contributed by atoms with E-state index in [4.69, 9.17) is 14.7 Å². The predicted molar refractivity (Wildman–Crippen MR) is 70.9 cm³/mol. The number of hydrogen-bond acceptors (Lipinski definition) is 5. The van der Waals surface area contributed by atoms with Crippen molar-refractivity contribution in [2.24, 2.45) is 0 Å². The van der Waals surface area contributed by atoms with Crippen molar-refractivity contribution in [3.63, 3.8) is 0 Å². The molecule has 0 spiro atoms. The summed E-state index contributed by atoms with van der Waals surface area (Å²) in [6, 6.07) is 9.14. The molecule has 0 unspecified atom stereocenters. The Morgan fingerprint density at radius 3 is 2.85 bits per heavy atom. The Labute approximate surface area is 117 Å². The standard InChI is InChI=1S/C14H16N2O4/c1-11-4-2-5-12(8-11)19-10-14(18)20-9-13(17)16-7-3-6-15/h2,4-5,8H,3,7,9-10H2,1H3,(H,16,17). The van der Waals surface area contributed by atoms with Gasteiger partial charge in [0.05, 0.1) is 12.5 Å². The molecule has 0 saturated carbocycles. The fourth-order valence-corrected chi connectivity index (χ4v) is 1.34. The molecule has 0 fully saturated rings. The lowest BCUT2D eigenvalue weighted by Gasteiger charge is -2.07. The molecule has 0 radical (unpaired) electrons. The molecule has 1 aromatic carbocycles. The first-order valence-electron chi connectivity index (χ1n) is 6.10. The average Bonchev–Trinajstić information content (AvgIpc) is 2.43. The summed E-state index contributed by atoms with van der Waals surface area (Å²) in [5.41, 5.74) is 1.02. The van der Waals surface area contributed by atoms with Crippen LogP contribution in [-0.2, 0) is 14.3 Å². The van der Waals surface area contributed by atoms with Crippen molar-refractivity contribution in [3.05, 3.63) is 29.8 Å². The monoisotopic (exact) mass is 276 g/mol. The largest absolute Gasteiger partial charge is 0.482 e. The molecule has 0 aliphatic heterocycles. The molecule has 20 heavy (non-hydrogen) atoms. The van der Waals surface area contributed by atoms with Gasteiger partial charge in [0.25, 0.3) is 5.91 Å². The van der Waals surface area contributed by atoms with Gasteiger partial charge in [-0.1, -0.05) is 12.1 Å². The molecule has 0 aliphatic carbocycles. The number of ether oxygens (including phenoxy) is 2. The third kappa shape index (κ3) is 6.40. The summed E-state index contributed by atoms with van der Waals surface area (Å²) in [6.07, 6.45) is 0.218. The molecule has 0 aliphatic rings. The quantitative estimate of drug-likeness (QED) is 0.591. The van der Waals surface area contributed by atoms with E-state index in [1.807, 2.05) is 25.1 Å². The lowest BCUT2D eigenvalue weighted by molar-refractivity contribution is -0.150. The van der Waals surface area contributed by atoms with Crippen molar-refractivity contribution in [1.82, 2.24) is 5.32 Å². The molecule has 106 valence electrons. The predicted octanol–water partition coefficient (Wildman–Crippen LogP) is 0.947. The van der Waals surface area contributed by atoms with Gasteiger partial charge >= 0.3 is 5.97 Å². The van der Waals surface area contributed by atoms with Crippen molar-refractivity contribution in [1.29, 1.82) is 5.26 Å². The smallest absolute Gasteiger partial charge is 0.344 e. The molecule has 0 heterocycles. The van der Waals surface area contributed by atoms with E-state index in [0.29, 0.717) is 5.75 Å². The zero-order valence-electron chi connectivity index (χ0n) is 11.2. The molecule has 1 amide bonds. The Kier molecular flexibility index (Phi) is 6.62. The molecule has 1 aromatic rings. The molecular weight excluding hydrogens is 260 g/mol. The highest BCUT2D eigenvalue weighted by molar-refractivity contribution is 5.80. The maximum atomic E-state index is 11.4. The van der Waals surface area contributed by atoms with E-state index in [9.17, 15) is 9.59 Å². The number of carbonyl (C=O) groups excluding carboxylic acids is 2. The number of aryl methyl sites for hydroxylation is 1. The van der Waals surface area contributed by atoms with Crippen LogP contribution in [0.5, 0.6) is 5.75 Å². The summed E-state index contributed by atoms with van der Waals surface area (Å²) in [7, 11) is 0. The van der Waals surface area contributed by atoms with E-state index in [0.717, 1.165) is 5.56 Å². The molecule has 6 nitrogen and oxygen atoms in total. The highest BCUT2D eigenvalue weighted by Crippen LogP contribution is 2.11. The van der Waals surface area contributed by atoms with Gasteiger partial charge in [-0.3, -0.25) is 4.79 Å². The Bertz CT molecular complexity index is 508. The van der Waals surface area contributed by atoms with Gasteiger partial charge in [-0.2, -0.15) is 5.26 Å². The SMILES string of the molecule is Cc1cccc(OCC(=O)OCC(=O)NCCC#N)c1. The number of esters is 1. The summed E-state index contributed by atoms with van der Waals surface area (Å²) in [5.74, 6) is -0.494. The van der Waals surface area contributed by atoms with Gasteiger partial charge < -0.3 is 14.8 Å². The van der Waals surface area contributed by atoms with Crippen molar-refractivity contribution in [2.45, 2.75) is 13.3 Å². The second kappa shape index (κ2) is 8.53. The van der Waals surface area contributed by atoms with E-state index < -0.39 is 11.9 Å². The van der Waals surface area contributed by atoms with Crippen molar-refractivity contribution in [2.75, 3.05) is 19.8 Å². The first-order chi connectivity index (χ1) is 9.61. The summed E-state index contributed by atoms with van der Waals surface area (Å²) in [5, 5.41) is 10.7. The van der Waals surface area contributed by atoms with E-state index in [2.05, 4.69) is 5.32 Å². The van der Waals surface area contributed by atoms with Crippen LogP contribution in [0.25, 0.3) is 0 Å². The Balaban J connectivity index is 2.20. The van der Waals surface area contributed by atoms with Crippen LogP contribution in [0.3, 0.4) is 0 Å². The minimum Gasteiger partial charge on any atom is -0.482 e. The third-order valence-electron chi connectivity index (χ3n) is 2.27. The van der Waals surface area contributed by atoms with Crippen LogP contribution in [0, 0.1) is 18.3 Å². The van der Waals surface area contributed by atoms with Crippen molar-refractivity contribution in [3.8, 4) is 11.8 Å². The first-order valence-corrected chi connectivity index (χ1v) is 6.10. The number of nitrogens with one attached hydrogen (secondary N) is 1. The second-order valence-corrected chi connectivity index (χ2v) is 4.02. The van der Waals surface area contributed by atoms with Gasteiger partial charge in [-0.05, 0) is 24.6 Å². The van der Waals surface area contributed by atoms with Gasteiger partial charge in [0.1, 0.15) is 5.75 Å². The number of nitriles is 1. The molecule has 1 N–H and O–H groups in total. The van der Waals surface area contributed by atoms with Crippen LogP contribution in [0.4, 0.5) is 0 Å². The zero-order valence-corrected chi connectivity index (χ0v) is 11.2. The Hall–Kier alpha value is -2.55. The fraction of sp³-hybridized carbons (Fsp3) is 0.357. The molecule has 0 atom stereocenters. The number of nitrogens with zero attached hydrogens (tertiary/aromatic N) is 1. The fourth-order valence-electron chi connectivity index (χ4n) is 1.34. The van der Waals surface area contributed by atoms with Gasteiger partial charge in [0.15, 0.2) is 13.2 Å². The molecule has 6 heteroatoms. The lowest BCUT2D eigenvalue weighted by atomic mass is 10.2. The molecule has 0 saturated heterocycles. The average molecular weight is 276 g/mol. The van der Waals surface area contributed by atoms with Crippen LogP contribution in [0.15, 0.2) is 24.3 Å². The maximum absolute atomic E-state index is 11.4. The minimum absolute atomic E-state index is 0.218. The third-order valence-corrected chi connectivity index (χ3v) is 2.27. The molecule has 1 rings (SSSR count). The van der Waals surface area contributed by atoms with E-state index in [-0.39, 0.29) is 26.2 Å². The van der Waals surface area contributed by atoms with E-state index in [1.54, 1.807) is 12.1 Å². The number of carbonyl (C=O) groups is 2. The van der Waals surface area contributed by atoms with Crippen molar-refractivity contribution < 1.29 is 19.1 Å². The van der Waals surface area contributed by atoms with Crippen LogP contribution >= 0.6 is 0 Å². The summed E-state index contributed by atoms with van der Waals surface area (Å²) < 4.78 is 9.96. The van der Waals surface area contributed by atoms with Gasteiger partial charge in [0.2, 0.25) is 0 Å². The lowest BCUT2D eigenvalue weighted by Crippen LogP contribution is -2.30. The minimum atomic E-state index is -0.623. The normalized spacial score (nSPS) is 9.40.